The van der Waals surface area contributed by atoms with Crippen molar-refractivity contribution >= 4 is 23.3 Å². The summed E-state index contributed by atoms with van der Waals surface area (Å²) in [5.74, 6) is -0.800. The number of rotatable bonds is 2. The van der Waals surface area contributed by atoms with Gasteiger partial charge in [-0.3, -0.25) is 0 Å². The van der Waals surface area contributed by atoms with E-state index >= 15 is 0 Å². The number of hydrogen-bond donors (Lipinski definition) is 2. The summed E-state index contributed by atoms with van der Waals surface area (Å²) < 4.78 is 9.00. The van der Waals surface area contributed by atoms with Crippen molar-refractivity contribution < 1.29 is 19.1 Å². The summed E-state index contributed by atoms with van der Waals surface area (Å²) in [5, 5.41) is 0. The minimum absolute atomic E-state index is 0. The Balaban J connectivity index is 0.000000403. The van der Waals surface area contributed by atoms with Crippen molar-refractivity contribution in [1.82, 2.24) is 0 Å². The molecule has 0 atom stereocenters. The van der Waals surface area contributed by atoms with Crippen LogP contribution in [-0.4, -0.2) is 26.2 Å². The van der Waals surface area contributed by atoms with E-state index in [9.17, 15) is 9.59 Å². The van der Waals surface area contributed by atoms with Crippen molar-refractivity contribution in [2.24, 2.45) is 0 Å². The number of esters is 2. The molecule has 2 aromatic rings. The molecule has 0 saturated heterocycles. The normalized spacial score (nSPS) is 8.78. The molecule has 0 aromatic heterocycles. The van der Waals surface area contributed by atoms with Crippen molar-refractivity contribution in [1.29, 1.82) is 0 Å². The number of anilines is 2. The van der Waals surface area contributed by atoms with Gasteiger partial charge < -0.3 is 20.9 Å². The molecule has 23 heavy (non-hydrogen) atoms. The van der Waals surface area contributed by atoms with Gasteiger partial charge in [0, 0.05) is 11.4 Å². The molecule has 2 aromatic carbocycles. The molecule has 6 nitrogen and oxygen atoms in total. The first-order valence-corrected chi connectivity index (χ1v) is 6.37. The molecule has 2 rings (SSSR count). The van der Waals surface area contributed by atoms with E-state index in [-0.39, 0.29) is 7.43 Å². The summed E-state index contributed by atoms with van der Waals surface area (Å²) in [5.41, 5.74) is 12.7. The van der Waals surface area contributed by atoms with Crippen LogP contribution in [0.2, 0.25) is 0 Å². The van der Waals surface area contributed by atoms with Gasteiger partial charge in [-0.2, -0.15) is 0 Å². The van der Waals surface area contributed by atoms with Crippen LogP contribution in [0.4, 0.5) is 11.4 Å². The molecule has 6 heteroatoms. The topological polar surface area (TPSA) is 105 Å². The number of ether oxygens (including phenoxy) is 2. The maximum absolute atomic E-state index is 10.9. The van der Waals surface area contributed by atoms with E-state index in [1.54, 1.807) is 48.5 Å². The van der Waals surface area contributed by atoms with Crippen LogP contribution in [-0.2, 0) is 9.47 Å². The quantitative estimate of drug-likeness (QED) is 0.651. The van der Waals surface area contributed by atoms with E-state index < -0.39 is 11.9 Å². The molecule has 0 bridgehead atoms. The highest BCUT2D eigenvalue weighted by Gasteiger charge is 2.07. The lowest BCUT2D eigenvalue weighted by Crippen LogP contribution is -2.04. The van der Waals surface area contributed by atoms with Crippen LogP contribution >= 0.6 is 0 Å². The van der Waals surface area contributed by atoms with Crippen molar-refractivity contribution in [2.75, 3.05) is 25.7 Å². The van der Waals surface area contributed by atoms with Gasteiger partial charge in [0.05, 0.1) is 25.3 Å². The number of hydrogen-bond acceptors (Lipinski definition) is 6. The van der Waals surface area contributed by atoms with Crippen LogP contribution in [0.3, 0.4) is 0 Å². The highest BCUT2D eigenvalue weighted by molar-refractivity contribution is 5.95. The van der Waals surface area contributed by atoms with E-state index in [2.05, 4.69) is 9.47 Å². The third kappa shape index (κ3) is 5.70. The summed E-state index contributed by atoms with van der Waals surface area (Å²) in [6, 6.07) is 13.6. The molecule has 0 saturated carbocycles. The Morgan fingerprint density at radius 3 is 1.30 bits per heavy atom. The van der Waals surface area contributed by atoms with Gasteiger partial charge in [0.1, 0.15) is 0 Å². The Bertz CT molecular complexity index is 599. The Kier molecular flexibility index (Phi) is 8.54. The Hall–Kier alpha value is -3.02. The van der Waals surface area contributed by atoms with E-state index in [1.165, 1.54) is 14.2 Å². The van der Waals surface area contributed by atoms with Gasteiger partial charge in [0.2, 0.25) is 0 Å². The molecular weight excluding hydrogens is 296 g/mol. The molecule has 0 amide bonds. The third-order valence-corrected chi connectivity index (χ3v) is 2.73. The molecule has 0 spiro atoms. The lowest BCUT2D eigenvalue weighted by Gasteiger charge is -2.00. The van der Waals surface area contributed by atoms with Crippen LogP contribution in [0.5, 0.6) is 0 Å². The first-order chi connectivity index (χ1) is 10.5. The second-order valence-electron chi connectivity index (χ2n) is 4.16. The van der Waals surface area contributed by atoms with Gasteiger partial charge in [-0.15, -0.1) is 0 Å². The zero-order chi connectivity index (χ0) is 16.5. The summed E-state index contributed by atoms with van der Waals surface area (Å²) in [6.45, 7) is 0. The largest absolute Gasteiger partial charge is 0.465 e. The summed E-state index contributed by atoms with van der Waals surface area (Å²) in [7, 11) is 2.66. The van der Waals surface area contributed by atoms with Crippen molar-refractivity contribution in [3.8, 4) is 0 Å². The number of nitrogens with two attached hydrogens (primary N) is 2. The molecule has 4 N–H and O–H groups in total. The molecule has 124 valence electrons. The molecule has 0 heterocycles. The van der Waals surface area contributed by atoms with Crippen molar-refractivity contribution in [3.05, 3.63) is 59.7 Å². The van der Waals surface area contributed by atoms with Crippen LogP contribution in [0.15, 0.2) is 48.5 Å². The zero-order valence-electron chi connectivity index (χ0n) is 12.4. The fourth-order valence-corrected chi connectivity index (χ4v) is 1.59. The minimum Gasteiger partial charge on any atom is -0.465 e. The number of methoxy groups -OCH3 is 2. The summed E-state index contributed by atoms with van der Waals surface area (Å²) in [4.78, 5) is 21.9. The number of nitrogen functional groups attached to an aromatic ring is 2. The zero-order valence-corrected chi connectivity index (χ0v) is 12.4. The number of benzene rings is 2. The first kappa shape index (κ1) is 20.0. The van der Waals surface area contributed by atoms with E-state index in [1.807, 2.05) is 0 Å². The average molecular weight is 318 g/mol. The van der Waals surface area contributed by atoms with Gasteiger partial charge >= 0.3 is 11.9 Å². The van der Waals surface area contributed by atoms with Crippen LogP contribution in [0, 0.1) is 0 Å². The number of carbonyl (C=O) groups excluding carboxylic acids is 2. The fraction of sp³-hybridized carbons (Fsp3) is 0.176. The maximum atomic E-state index is 10.9. The first-order valence-electron chi connectivity index (χ1n) is 6.37. The lowest BCUT2D eigenvalue weighted by molar-refractivity contribution is 0.0593. The fourth-order valence-electron chi connectivity index (χ4n) is 1.59. The van der Waals surface area contributed by atoms with Crippen LogP contribution in [0.1, 0.15) is 28.1 Å². The van der Waals surface area contributed by atoms with Gasteiger partial charge in [-0.1, -0.05) is 31.7 Å². The van der Waals surface area contributed by atoms with Gasteiger partial charge in [0.15, 0.2) is 0 Å². The lowest BCUT2D eigenvalue weighted by atomic mass is 10.2. The smallest absolute Gasteiger partial charge is 0.339 e. The Morgan fingerprint density at radius 2 is 1.04 bits per heavy atom. The molecule has 0 aliphatic rings. The van der Waals surface area contributed by atoms with E-state index in [0.717, 1.165) is 0 Å². The molecule has 0 fully saturated rings. The van der Waals surface area contributed by atoms with Crippen molar-refractivity contribution in [3.63, 3.8) is 0 Å². The Labute approximate surface area is 136 Å². The molecule has 0 aliphatic heterocycles. The summed E-state index contributed by atoms with van der Waals surface area (Å²) >= 11 is 0. The maximum Gasteiger partial charge on any atom is 0.339 e. The predicted molar refractivity (Wildman–Crippen MR) is 91.1 cm³/mol. The molecule has 0 radical (unpaired) electrons. The summed E-state index contributed by atoms with van der Waals surface area (Å²) in [6.07, 6.45) is 0. The highest BCUT2D eigenvalue weighted by atomic mass is 16.5. The molecule has 0 unspecified atom stereocenters. The SMILES string of the molecule is C.COC(=O)c1ccccc1N.COC(=O)c1ccccc1N. The third-order valence-electron chi connectivity index (χ3n) is 2.73. The monoisotopic (exact) mass is 318 g/mol. The van der Waals surface area contributed by atoms with Gasteiger partial charge in [0.25, 0.3) is 0 Å². The molecule has 0 aliphatic carbocycles. The predicted octanol–water partition coefficient (Wildman–Crippen LogP) is 2.75. The standard InChI is InChI=1S/2C8H9NO2.CH4/c2*1-11-8(10)6-4-2-3-5-7(6)9;/h2*2-5H,9H2,1H3;1H4. The molecular formula is C17H22N2O4. The Morgan fingerprint density at radius 1 is 0.739 bits per heavy atom. The van der Waals surface area contributed by atoms with E-state index in [0.29, 0.717) is 22.5 Å². The second kappa shape index (κ2) is 9.83. The van der Waals surface area contributed by atoms with Crippen LogP contribution in [0.25, 0.3) is 0 Å². The van der Waals surface area contributed by atoms with Crippen LogP contribution < -0.4 is 11.5 Å². The number of carbonyl (C=O) groups is 2. The second-order valence-corrected chi connectivity index (χ2v) is 4.16. The van der Waals surface area contributed by atoms with Gasteiger partial charge in [-0.05, 0) is 24.3 Å². The minimum atomic E-state index is -0.400. The van der Waals surface area contributed by atoms with E-state index in [4.69, 9.17) is 11.5 Å². The van der Waals surface area contributed by atoms with Gasteiger partial charge in [-0.25, -0.2) is 9.59 Å². The average Bonchev–Trinajstić information content (AvgIpc) is 2.55. The highest BCUT2D eigenvalue weighted by Crippen LogP contribution is 2.11. The number of para-hydroxylation sites is 2. The van der Waals surface area contributed by atoms with Crippen molar-refractivity contribution in [2.45, 2.75) is 7.43 Å².